The number of nitrogens with one attached hydrogen (secondary N) is 2. The van der Waals surface area contributed by atoms with Crippen molar-refractivity contribution in [3.63, 3.8) is 0 Å². The Kier molecular flexibility index (Phi) is 2.87. The van der Waals surface area contributed by atoms with Crippen molar-refractivity contribution in [1.29, 1.82) is 0 Å². The second kappa shape index (κ2) is 4.57. The third-order valence-electron chi connectivity index (χ3n) is 3.13. The Bertz CT molecular complexity index is 750. The van der Waals surface area contributed by atoms with Gasteiger partial charge in [0, 0.05) is 5.69 Å². The number of para-hydroxylation sites is 1. The molecule has 0 fully saturated rings. The van der Waals surface area contributed by atoms with Gasteiger partial charge in [-0.15, -0.1) is 0 Å². The second-order valence-corrected chi connectivity index (χ2v) is 4.85. The summed E-state index contributed by atoms with van der Waals surface area (Å²) >= 11 is 0. The highest BCUT2D eigenvalue weighted by atomic mass is 16.3. The number of aryl methyl sites for hydroxylation is 1. The number of imidazole rings is 1. The average molecular weight is 269 g/mol. The SMILES string of the molecule is Cc1ccccc1NC(C)(O)c1ncc2[nH]cnc2n1. The average Bonchev–Trinajstić information content (AvgIpc) is 2.88. The molecule has 0 saturated heterocycles. The minimum absolute atomic E-state index is 0.278. The number of rotatable bonds is 3. The second-order valence-electron chi connectivity index (χ2n) is 4.85. The zero-order chi connectivity index (χ0) is 14.2. The number of benzene rings is 1. The van der Waals surface area contributed by atoms with E-state index in [0.29, 0.717) is 5.65 Å². The lowest BCUT2D eigenvalue weighted by Gasteiger charge is -2.25. The van der Waals surface area contributed by atoms with Gasteiger partial charge in [-0.1, -0.05) is 18.2 Å². The number of anilines is 1. The van der Waals surface area contributed by atoms with E-state index in [1.54, 1.807) is 19.4 Å². The molecule has 1 aromatic carbocycles. The van der Waals surface area contributed by atoms with Gasteiger partial charge in [-0.05, 0) is 25.5 Å². The molecule has 0 aliphatic carbocycles. The van der Waals surface area contributed by atoms with Crippen LogP contribution < -0.4 is 5.32 Å². The van der Waals surface area contributed by atoms with Crippen molar-refractivity contribution in [2.24, 2.45) is 0 Å². The highest BCUT2D eigenvalue weighted by Gasteiger charge is 2.27. The molecule has 3 aromatic rings. The molecule has 1 atom stereocenters. The lowest BCUT2D eigenvalue weighted by molar-refractivity contribution is 0.0791. The summed E-state index contributed by atoms with van der Waals surface area (Å²) < 4.78 is 0. The zero-order valence-corrected chi connectivity index (χ0v) is 11.3. The van der Waals surface area contributed by atoms with E-state index in [9.17, 15) is 5.11 Å². The van der Waals surface area contributed by atoms with Crippen molar-refractivity contribution in [1.82, 2.24) is 19.9 Å². The summed E-state index contributed by atoms with van der Waals surface area (Å²) in [5.74, 6) is 0.278. The Morgan fingerprint density at radius 1 is 1.25 bits per heavy atom. The Balaban J connectivity index is 1.96. The zero-order valence-electron chi connectivity index (χ0n) is 11.3. The number of H-pyrrole nitrogens is 1. The first-order valence-corrected chi connectivity index (χ1v) is 6.29. The number of hydrogen-bond acceptors (Lipinski definition) is 5. The van der Waals surface area contributed by atoms with Crippen molar-refractivity contribution < 1.29 is 5.11 Å². The lowest BCUT2D eigenvalue weighted by atomic mass is 10.1. The van der Waals surface area contributed by atoms with Gasteiger partial charge in [-0.3, -0.25) is 0 Å². The Hall–Kier alpha value is -2.47. The van der Waals surface area contributed by atoms with Gasteiger partial charge in [0.1, 0.15) is 5.52 Å². The van der Waals surface area contributed by atoms with Crippen molar-refractivity contribution >= 4 is 16.9 Å². The molecule has 0 radical (unpaired) electrons. The number of hydrogen-bond donors (Lipinski definition) is 3. The van der Waals surface area contributed by atoms with E-state index in [2.05, 4.69) is 25.3 Å². The van der Waals surface area contributed by atoms with Crippen molar-refractivity contribution in [2.45, 2.75) is 19.6 Å². The van der Waals surface area contributed by atoms with Crippen LogP contribution in [0.25, 0.3) is 11.2 Å². The minimum Gasteiger partial charge on any atom is -0.365 e. The largest absolute Gasteiger partial charge is 0.365 e. The first-order chi connectivity index (χ1) is 9.56. The normalized spacial score (nSPS) is 14.2. The highest BCUT2D eigenvalue weighted by Crippen LogP contribution is 2.23. The van der Waals surface area contributed by atoms with Crippen molar-refractivity contribution in [3.8, 4) is 0 Å². The maximum Gasteiger partial charge on any atom is 0.194 e. The Morgan fingerprint density at radius 3 is 2.85 bits per heavy atom. The van der Waals surface area contributed by atoms with Gasteiger partial charge in [0.05, 0.1) is 12.5 Å². The topological polar surface area (TPSA) is 86.7 Å². The fourth-order valence-electron chi connectivity index (χ4n) is 2.00. The number of nitrogens with zero attached hydrogens (tertiary/aromatic N) is 3. The third kappa shape index (κ3) is 2.21. The molecule has 0 aliphatic rings. The van der Waals surface area contributed by atoms with Gasteiger partial charge >= 0.3 is 0 Å². The van der Waals surface area contributed by atoms with Crippen LogP contribution in [0.1, 0.15) is 18.3 Å². The molecule has 0 bridgehead atoms. The van der Waals surface area contributed by atoms with Gasteiger partial charge < -0.3 is 15.4 Å². The van der Waals surface area contributed by atoms with Gasteiger partial charge in [-0.2, -0.15) is 0 Å². The molecule has 6 nitrogen and oxygen atoms in total. The summed E-state index contributed by atoms with van der Waals surface area (Å²) in [6, 6.07) is 7.72. The first kappa shape index (κ1) is 12.6. The number of aliphatic hydroxyl groups is 1. The van der Waals surface area contributed by atoms with E-state index < -0.39 is 5.72 Å². The van der Waals surface area contributed by atoms with E-state index >= 15 is 0 Å². The summed E-state index contributed by atoms with van der Waals surface area (Å²) in [4.78, 5) is 15.4. The highest BCUT2D eigenvalue weighted by molar-refractivity contribution is 5.68. The predicted molar refractivity (Wildman–Crippen MR) is 76.1 cm³/mol. The number of aromatic amines is 1. The standard InChI is InChI=1S/C14H15N5O/c1-9-5-3-4-6-10(9)19-14(2,20)13-15-7-11-12(18-13)17-8-16-11/h3-8,19-20H,1-2H3,(H,15,16,17,18). The molecule has 2 heterocycles. The molecule has 0 aliphatic heterocycles. The fourth-order valence-corrected chi connectivity index (χ4v) is 2.00. The van der Waals surface area contributed by atoms with Gasteiger partial charge in [0.25, 0.3) is 0 Å². The van der Waals surface area contributed by atoms with Crippen LogP contribution in [0.2, 0.25) is 0 Å². The summed E-state index contributed by atoms with van der Waals surface area (Å²) in [5, 5.41) is 13.6. The molecule has 3 rings (SSSR count). The molecule has 0 saturated carbocycles. The van der Waals surface area contributed by atoms with Crippen molar-refractivity contribution in [3.05, 3.63) is 48.2 Å². The summed E-state index contributed by atoms with van der Waals surface area (Å²) in [5.41, 5.74) is 1.76. The van der Waals surface area contributed by atoms with E-state index in [1.807, 2.05) is 31.2 Å². The molecule has 20 heavy (non-hydrogen) atoms. The van der Waals surface area contributed by atoms with Crippen molar-refractivity contribution in [2.75, 3.05) is 5.32 Å². The van der Waals surface area contributed by atoms with Gasteiger partial charge in [0.15, 0.2) is 17.2 Å². The third-order valence-corrected chi connectivity index (χ3v) is 3.13. The van der Waals surface area contributed by atoms with E-state index in [1.165, 1.54) is 0 Å². The quantitative estimate of drug-likeness (QED) is 0.632. The van der Waals surface area contributed by atoms with Crippen LogP contribution in [0.5, 0.6) is 0 Å². The van der Waals surface area contributed by atoms with Crippen LogP contribution in [0.15, 0.2) is 36.8 Å². The van der Waals surface area contributed by atoms with E-state index in [4.69, 9.17) is 0 Å². The van der Waals surface area contributed by atoms with Gasteiger partial charge in [0.2, 0.25) is 0 Å². The first-order valence-electron chi connectivity index (χ1n) is 6.29. The molecule has 3 N–H and O–H groups in total. The van der Waals surface area contributed by atoms with Crippen LogP contribution in [-0.4, -0.2) is 25.0 Å². The Morgan fingerprint density at radius 2 is 2.05 bits per heavy atom. The molecular weight excluding hydrogens is 254 g/mol. The summed E-state index contributed by atoms with van der Waals surface area (Å²) in [7, 11) is 0. The maximum absolute atomic E-state index is 10.6. The van der Waals surface area contributed by atoms with Crippen LogP contribution in [0, 0.1) is 6.92 Å². The van der Waals surface area contributed by atoms with Crippen LogP contribution in [-0.2, 0) is 5.72 Å². The monoisotopic (exact) mass is 269 g/mol. The Labute approximate surface area is 115 Å². The van der Waals surface area contributed by atoms with E-state index in [-0.39, 0.29) is 5.82 Å². The van der Waals surface area contributed by atoms with Gasteiger partial charge in [-0.25, -0.2) is 15.0 Å². The molecule has 0 amide bonds. The van der Waals surface area contributed by atoms with Crippen LogP contribution in [0.4, 0.5) is 5.69 Å². The van der Waals surface area contributed by atoms with Crippen LogP contribution in [0.3, 0.4) is 0 Å². The number of fused-ring (bicyclic) bond motifs is 1. The number of aromatic nitrogens is 4. The molecule has 2 aromatic heterocycles. The lowest BCUT2D eigenvalue weighted by Crippen LogP contribution is -2.33. The fraction of sp³-hybridized carbons (Fsp3) is 0.214. The molecule has 1 unspecified atom stereocenters. The summed E-state index contributed by atoms with van der Waals surface area (Å²) in [6.45, 7) is 3.59. The maximum atomic E-state index is 10.6. The minimum atomic E-state index is -1.38. The smallest absolute Gasteiger partial charge is 0.194 e. The molecule has 0 spiro atoms. The van der Waals surface area contributed by atoms with Crippen LogP contribution >= 0.6 is 0 Å². The predicted octanol–water partition coefficient (Wildman–Crippen LogP) is 1.94. The van der Waals surface area contributed by atoms with E-state index in [0.717, 1.165) is 16.8 Å². The molecule has 102 valence electrons. The molecular formula is C14H15N5O. The summed E-state index contributed by atoms with van der Waals surface area (Å²) in [6.07, 6.45) is 3.16. The molecule has 6 heteroatoms.